The van der Waals surface area contributed by atoms with Crippen molar-refractivity contribution in [3.63, 3.8) is 0 Å². The van der Waals surface area contributed by atoms with E-state index in [1.54, 1.807) is 30.3 Å². The van der Waals surface area contributed by atoms with E-state index in [2.05, 4.69) is 16.0 Å². The third-order valence-electron chi connectivity index (χ3n) is 7.24. The van der Waals surface area contributed by atoms with Gasteiger partial charge in [-0.2, -0.15) is 0 Å². The van der Waals surface area contributed by atoms with E-state index in [4.69, 9.17) is 0 Å². The number of carbonyl (C=O) groups is 1. The predicted molar refractivity (Wildman–Crippen MR) is 139 cm³/mol. The summed E-state index contributed by atoms with van der Waals surface area (Å²) in [7, 11) is -3.68. The van der Waals surface area contributed by atoms with Gasteiger partial charge in [0.05, 0.1) is 20.5 Å². The van der Waals surface area contributed by atoms with Crippen molar-refractivity contribution in [3.05, 3.63) is 72.3 Å². The Morgan fingerprint density at radius 2 is 1.80 bits per heavy atom. The first-order chi connectivity index (χ1) is 17.0. The van der Waals surface area contributed by atoms with E-state index in [1.807, 2.05) is 36.4 Å². The number of fused-ring (bicyclic) bond motifs is 4. The number of carbonyl (C=O) groups excluding carboxylic acids is 1. The van der Waals surface area contributed by atoms with E-state index in [0.717, 1.165) is 51.7 Å². The molecule has 2 fully saturated rings. The smallest absolute Gasteiger partial charge is 0.237 e. The molecule has 3 heterocycles. The first-order valence-electron chi connectivity index (χ1n) is 12.0. The summed E-state index contributed by atoms with van der Waals surface area (Å²) in [5.41, 5.74) is 0.870. The normalized spacial score (nSPS) is 22.3. The largest absolute Gasteiger partial charge is 0.351 e. The van der Waals surface area contributed by atoms with Crippen molar-refractivity contribution in [3.8, 4) is 0 Å². The minimum atomic E-state index is -3.68. The Morgan fingerprint density at radius 1 is 1.00 bits per heavy atom. The average Bonchev–Trinajstić information content (AvgIpc) is 3.49. The lowest BCUT2D eigenvalue weighted by Gasteiger charge is -2.25. The molecule has 6 nitrogen and oxygen atoms in total. The molecule has 1 aromatic heterocycles. The van der Waals surface area contributed by atoms with Crippen LogP contribution in [0.15, 0.2) is 76.5 Å². The number of thiophene rings is 1. The van der Waals surface area contributed by atoms with Gasteiger partial charge >= 0.3 is 0 Å². The molecule has 0 spiro atoms. The van der Waals surface area contributed by atoms with Crippen LogP contribution in [0.1, 0.15) is 18.4 Å². The second kappa shape index (κ2) is 9.02. The van der Waals surface area contributed by atoms with Crippen LogP contribution >= 0.6 is 11.3 Å². The van der Waals surface area contributed by atoms with Crippen LogP contribution in [0.2, 0.25) is 0 Å². The molecule has 4 aromatic rings. The van der Waals surface area contributed by atoms with E-state index in [-0.39, 0.29) is 16.8 Å². The van der Waals surface area contributed by atoms with Crippen molar-refractivity contribution in [2.75, 3.05) is 13.1 Å². The van der Waals surface area contributed by atoms with Crippen LogP contribution in [0.5, 0.6) is 0 Å². The molecule has 2 aliphatic rings. The van der Waals surface area contributed by atoms with Crippen molar-refractivity contribution >= 4 is 47.3 Å². The lowest BCUT2D eigenvalue weighted by Crippen LogP contribution is -2.45. The second-order valence-electron chi connectivity index (χ2n) is 9.41. The maximum Gasteiger partial charge on any atom is 0.237 e. The maximum atomic E-state index is 13.5. The van der Waals surface area contributed by atoms with Gasteiger partial charge in [-0.25, -0.2) is 8.42 Å². The lowest BCUT2D eigenvalue weighted by molar-refractivity contribution is -0.123. The molecule has 3 atom stereocenters. The Bertz CT molecular complexity index is 1500. The van der Waals surface area contributed by atoms with Crippen molar-refractivity contribution < 1.29 is 13.2 Å². The molecule has 3 aromatic carbocycles. The lowest BCUT2D eigenvalue weighted by atomic mass is 9.94. The summed E-state index contributed by atoms with van der Waals surface area (Å²) >= 11 is 1.51. The summed E-state index contributed by atoms with van der Waals surface area (Å²) in [6.07, 6.45) is 1.91. The molecule has 2 aliphatic heterocycles. The highest BCUT2D eigenvalue weighted by Crippen LogP contribution is 2.39. The summed E-state index contributed by atoms with van der Waals surface area (Å²) in [6, 6.07) is 20.5. The highest BCUT2D eigenvalue weighted by atomic mass is 32.2. The summed E-state index contributed by atoms with van der Waals surface area (Å²) in [4.78, 5) is 13.3. The van der Waals surface area contributed by atoms with Crippen LogP contribution in [-0.4, -0.2) is 39.5 Å². The fourth-order valence-electron chi connectivity index (χ4n) is 5.36. The van der Waals surface area contributed by atoms with Gasteiger partial charge in [-0.1, -0.05) is 42.5 Å². The molecular formula is C27H27N3O3S2. The van der Waals surface area contributed by atoms with Gasteiger partial charge in [0.15, 0.2) is 0 Å². The highest BCUT2D eigenvalue weighted by Gasteiger charge is 2.38. The van der Waals surface area contributed by atoms with E-state index >= 15 is 0 Å². The molecule has 0 saturated carbocycles. The van der Waals surface area contributed by atoms with Crippen LogP contribution in [-0.2, 0) is 21.2 Å². The number of hydrogen-bond donors (Lipinski definition) is 3. The van der Waals surface area contributed by atoms with Gasteiger partial charge in [0.2, 0.25) is 15.7 Å². The number of piperidine rings is 1. The Kier molecular flexibility index (Phi) is 5.84. The molecule has 1 amide bonds. The van der Waals surface area contributed by atoms with Gasteiger partial charge in [0.25, 0.3) is 0 Å². The topological polar surface area (TPSA) is 87.3 Å². The van der Waals surface area contributed by atoms with Crippen LogP contribution in [0.4, 0.5) is 0 Å². The Hall–Kier alpha value is -2.78. The number of benzene rings is 3. The van der Waals surface area contributed by atoms with Gasteiger partial charge in [0.1, 0.15) is 0 Å². The predicted octanol–water partition coefficient (Wildman–Crippen LogP) is 3.84. The zero-order chi connectivity index (χ0) is 24.0. The van der Waals surface area contributed by atoms with Gasteiger partial charge in [0, 0.05) is 28.1 Å². The molecule has 0 aliphatic carbocycles. The zero-order valence-corrected chi connectivity index (χ0v) is 20.8. The molecule has 180 valence electrons. The Labute approximate surface area is 208 Å². The van der Waals surface area contributed by atoms with E-state index < -0.39 is 9.84 Å². The molecule has 0 bridgehead atoms. The molecule has 0 radical (unpaired) electrons. The van der Waals surface area contributed by atoms with E-state index in [1.165, 1.54) is 11.3 Å². The fourth-order valence-corrected chi connectivity index (χ4v) is 8.29. The number of sulfone groups is 1. The Balaban J connectivity index is 1.18. The molecule has 8 heteroatoms. The minimum Gasteiger partial charge on any atom is -0.351 e. The van der Waals surface area contributed by atoms with Crippen molar-refractivity contribution in [2.24, 2.45) is 5.92 Å². The quantitative estimate of drug-likeness (QED) is 0.384. The van der Waals surface area contributed by atoms with Crippen LogP contribution in [0.25, 0.3) is 20.2 Å². The van der Waals surface area contributed by atoms with Crippen molar-refractivity contribution in [1.29, 1.82) is 0 Å². The summed E-state index contributed by atoms with van der Waals surface area (Å²) in [6.45, 7) is 2.33. The third-order valence-corrected chi connectivity index (χ3v) is 10.4. The molecule has 6 rings (SSSR count). The number of nitrogens with one attached hydrogen (secondary N) is 3. The van der Waals surface area contributed by atoms with Crippen LogP contribution in [0.3, 0.4) is 0 Å². The fraction of sp³-hybridized carbons (Fsp3) is 0.296. The third kappa shape index (κ3) is 4.14. The highest BCUT2D eigenvalue weighted by molar-refractivity contribution is 7.92. The van der Waals surface area contributed by atoms with Crippen molar-refractivity contribution in [1.82, 2.24) is 16.0 Å². The van der Waals surface area contributed by atoms with Gasteiger partial charge in [-0.05, 0) is 61.7 Å². The van der Waals surface area contributed by atoms with E-state index in [0.29, 0.717) is 23.4 Å². The van der Waals surface area contributed by atoms with Gasteiger partial charge < -0.3 is 16.0 Å². The first kappa shape index (κ1) is 22.7. The van der Waals surface area contributed by atoms with Crippen molar-refractivity contribution in [2.45, 2.75) is 41.3 Å². The molecule has 35 heavy (non-hydrogen) atoms. The monoisotopic (exact) mass is 505 g/mol. The summed E-state index contributed by atoms with van der Waals surface area (Å²) in [5, 5.41) is 11.9. The second-order valence-corrected chi connectivity index (χ2v) is 12.4. The molecule has 3 N–H and O–H groups in total. The molecule has 3 unspecified atom stereocenters. The minimum absolute atomic E-state index is 0.00698. The average molecular weight is 506 g/mol. The van der Waals surface area contributed by atoms with Crippen LogP contribution in [0, 0.1) is 5.92 Å². The Morgan fingerprint density at radius 3 is 2.63 bits per heavy atom. The van der Waals surface area contributed by atoms with Crippen LogP contribution < -0.4 is 16.0 Å². The number of amides is 1. The zero-order valence-electron chi connectivity index (χ0n) is 19.2. The number of rotatable bonds is 5. The van der Waals surface area contributed by atoms with Gasteiger partial charge in [-0.3, -0.25) is 4.79 Å². The summed E-state index contributed by atoms with van der Waals surface area (Å²) < 4.78 is 28.9. The number of hydrogen-bond acceptors (Lipinski definition) is 6. The van der Waals surface area contributed by atoms with E-state index in [9.17, 15) is 13.2 Å². The molecular weight excluding hydrogens is 478 g/mol. The standard InChI is InChI=1S/C27H27N3O3S2/c31-27(23-14-18-16-28-13-12-22(18)30-23)29-15-17-8-10-19(11-9-17)35(32,33)25-7-3-5-21-20-4-1-2-6-24(20)34-26(21)25/h1-11,18,22-23,28,30H,12-16H2,(H,29,31). The maximum absolute atomic E-state index is 13.5. The molecule has 2 saturated heterocycles. The SMILES string of the molecule is O=C(NCc1ccc(S(=O)(=O)c2cccc3c2sc2ccccc23)cc1)C1CC2CNCCC2N1. The first-order valence-corrected chi connectivity index (χ1v) is 14.3. The summed E-state index contributed by atoms with van der Waals surface area (Å²) in [5.74, 6) is 0.516. The van der Waals surface area contributed by atoms with Gasteiger partial charge in [-0.15, -0.1) is 11.3 Å².